The lowest BCUT2D eigenvalue weighted by Crippen LogP contribution is -2.30. The zero-order valence-corrected chi connectivity index (χ0v) is 11.2. The first kappa shape index (κ1) is 13.2. The maximum absolute atomic E-state index is 13.2. The number of rotatable bonds is 3. The molecule has 0 aliphatic rings. The molecule has 1 rings (SSSR count). The van der Waals surface area contributed by atoms with Crippen LogP contribution in [0.25, 0.3) is 0 Å². The molecule has 88 valence electrons. The van der Waals surface area contributed by atoms with Gasteiger partial charge in [0.1, 0.15) is 5.82 Å². The number of nitrogens with zero attached hydrogens (tertiary/aromatic N) is 1. The van der Waals surface area contributed by atoms with Crippen molar-refractivity contribution in [2.75, 3.05) is 13.6 Å². The van der Waals surface area contributed by atoms with E-state index in [1.165, 1.54) is 12.1 Å². The van der Waals surface area contributed by atoms with Gasteiger partial charge in [0, 0.05) is 13.6 Å². The Bertz CT molecular complexity index is 393. The second kappa shape index (κ2) is 5.43. The van der Waals surface area contributed by atoms with Crippen molar-refractivity contribution in [2.24, 2.45) is 5.92 Å². The van der Waals surface area contributed by atoms with Crippen molar-refractivity contribution in [3.8, 4) is 0 Å². The monoisotopic (exact) mass is 287 g/mol. The maximum atomic E-state index is 13.2. The lowest BCUT2D eigenvalue weighted by atomic mass is 10.1. The van der Waals surface area contributed by atoms with Crippen LogP contribution in [0.3, 0.4) is 0 Å². The largest absolute Gasteiger partial charge is 0.341 e. The van der Waals surface area contributed by atoms with Gasteiger partial charge < -0.3 is 4.90 Å². The van der Waals surface area contributed by atoms with Crippen molar-refractivity contribution in [3.05, 3.63) is 34.1 Å². The number of benzene rings is 1. The summed E-state index contributed by atoms with van der Waals surface area (Å²) in [6, 6.07) is 4.48. The quantitative estimate of drug-likeness (QED) is 0.835. The van der Waals surface area contributed by atoms with Gasteiger partial charge in [0.25, 0.3) is 5.91 Å². The first-order valence-corrected chi connectivity index (χ1v) is 5.92. The summed E-state index contributed by atoms with van der Waals surface area (Å²) in [6.07, 6.45) is 0. The summed E-state index contributed by atoms with van der Waals surface area (Å²) in [5.74, 6) is -0.190. The highest BCUT2D eigenvalue weighted by Gasteiger charge is 2.17. The fourth-order valence-corrected chi connectivity index (χ4v) is 1.94. The lowest BCUT2D eigenvalue weighted by molar-refractivity contribution is 0.0777. The molecule has 16 heavy (non-hydrogen) atoms. The highest BCUT2D eigenvalue weighted by molar-refractivity contribution is 9.10. The molecule has 0 bridgehead atoms. The van der Waals surface area contributed by atoms with Crippen LogP contribution in [-0.2, 0) is 0 Å². The summed E-state index contributed by atoms with van der Waals surface area (Å²) in [4.78, 5) is 13.6. The van der Waals surface area contributed by atoms with Crippen LogP contribution in [0.2, 0.25) is 0 Å². The van der Waals surface area contributed by atoms with Crippen LogP contribution in [0.5, 0.6) is 0 Å². The Labute approximate surface area is 104 Å². The van der Waals surface area contributed by atoms with Crippen molar-refractivity contribution >= 4 is 21.8 Å². The zero-order chi connectivity index (χ0) is 12.3. The molecule has 1 aromatic carbocycles. The van der Waals surface area contributed by atoms with Gasteiger partial charge in [0.2, 0.25) is 0 Å². The molecule has 0 fully saturated rings. The van der Waals surface area contributed by atoms with Crippen LogP contribution in [0.1, 0.15) is 24.2 Å². The molecule has 0 spiro atoms. The predicted molar refractivity (Wildman–Crippen MR) is 65.9 cm³/mol. The average Bonchev–Trinajstić information content (AvgIpc) is 2.20. The first-order valence-electron chi connectivity index (χ1n) is 5.13. The fourth-order valence-electron chi connectivity index (χ4n) is 1.51. The number of hydrogen-bond donors (Lipinski definition) is 0. The molecule has 0 aliphatic heterocycles. The van der Waals surface area contributed by atoms with E-state index in [1.807, 2.05) is 13.8 Å². The van der Waals surface area contributed by atoms with E-state index in [2.05, 4.69) is 15.9 Å². The smallest absolute Gasteiger partial charge is 0.254 e. The van der Waals surface area contributed by atoms with Crippen molar-refractivity contribution in [2.45, 2.75) is 13.8 Å². The minimum Gasteiger partial charge on any atom is -0.341 e. The van der Waals surface area contributed by atoms with Gasteiger partial charge in [0.15, 0.2) is 0 Å². The van der Waals surface area contributed by atoms with Gasteiger partial charge >= 0.3 is 0 Å². The van der Waals surface area contributed by atoms with E-state index in [0.717, 1.165) is 0 Å². The van der Waals surface area contributed by atoms with Gasteiger partial charge in [0.05, 0.1) is 10.0 Å². The number of halogens is 2. The first-order chi connectivity index (χ1) is 7.43. The van der Waals surface area contributed by atoms with Crippen molar-refractivity contribution in [3.63, 3.8) is 0 Å². The van der Waals surface area contributed by atoms with Crippen LogP contribution in [0, 0.1) is 11.7 Å². The van der Waals surface area contributed by atoms with Gasteiger partial charge in [-0.1, -0.05) is 19.9 Å². The Morgan fingerprint density at radius 1 is 1.50 bits per heavy atom. The standard InChI is InChI=1S/C12H15BrFNO/c1-8(2)7-15(3)12(16)9-5-4-6-10(14)11(9)13/h4-6,8H,7H2,1-3H3. The van der Waals surface area contributed by atoms with Gasteiger partial charge in [-0.15, -0.1) is 0 Å². The Balaban J connectivity index is 2.92. The van der Waals surface area contributed by atoms with E-state index in [9.17, 15) is 9.18 Å². The molecule has 1 amide bonds. The van der Waals surface area contributed by atoms with Gasteiger partial charge in [-0.25, -0.2) is 4.39 Å². The second-order valence-electron chi connectivity index (χ2n) is 4.18. The lowest BCUT2D eigenvalue weighted by Gasteiger charge is -2.20. The van der Waals surface area contributed by atoms with Gasteiger partial charge in [-0.3, -0.25) is 4.79 Å². The summed E-state index contributed by atoms with van der Waals surface area (Å²) >= 11 is 3.09. The molecule has 2 nitrogen and oxygen atoms in total. The third-order valence-electron chi connectivity index (χ3n) is 2.17. The Kier molecular flexibility index (Phi) is 4.47. The molecule has 0 saturated heterocycles. The van der Waals surface area contributed by atoms with Crippen molar-refractivity contribution < 1.29 is 9.18 Å². The van der Waals surface area contributed by atoms with E-state index in [4.69, 9.17) is 0 Å². The molecular weight excluding hydrogens is 273 g/mol. The Morgan fingerprint density at radius 3 is 2.69 bits per heavy atom. The molecule has 0 aliphatic carbocycles. The molecule has 0 saturated carbocycles. The van der Waals surface area contributed by atoms with Crippen molar-refractivity contribution in [1.29, 1.82) is 0 Å². The molecule has 0 aromatic heterocycles. The molecule has 1 aromatic rings. The highest BCUT2D eigenvalue weighted by Crippen LogP contribution is 2.21. The maximum Gasteiger partial charge on any atom is 0.254 e. The van der Waals surface area contributed by atoms with Crippen molar-refractivity contribution in [1.82, 2.24) is 4.90 Å². The van der Waals surface area contributed by atoms with Gasteiger partial charge in [-0.05, 0) is 34.0 Å². The number of amides is 1. The summed E-state index contributed by atoms with van der Waals surface area (Å²) in [7, 11) is 1.72. The molecule has 0 N–H and O–H groups in total. The van der Waals surface area contributed by atoms with Crippen LogP contribution in [0.4, 0.5) is 4.39 Å². The predicted octanol–water partition coefficient (Wildman–Crippen LogP) is 3.32. The third-order valence-corrected chi connectivity index (χ3v) is 2.97. The normalized spacial score (nSPS) is 10.6. The van der Waals surface area contributed by atoms with Crippen LogP contribution in [-0.4, -0.2) is 24.4 Å². The summed E-state index contributed by atoms with van der Waals surface area (Å²) in [5, 5.41) is 0. The molecule has 0 unspecified atom stereocenters. The third kappa shape index (κ3) is 3.04. The second-order valence-corrected chi connectivity index (χ2v) is 4.97. The average molecular weight is 288 g/mol. The van der Waals surface area contributed by atoms with Crippen LogP contribution in [0.15, 0.2) is 22.7 Å². The summed E-state index contributed by atoms with van der Waals surface area (Å²) in [6.45, 7) is 4.72. The molecular formula is C12H15BrFNO. The van der Waals surface area contributed by atoms with E-state index in [1.54, 1.807) is 18.0 Å². The summed E-state index contributed by atoms with van der Waals surface area (Å²) in [5.41, 5.74) is 0.364. The van der Waals surface area contributed by atoms with E-state index in [0.29, 0.717) is 18.0 Å². The molecule has 0 heterocycles. The van der Waals surface area contributed by atoms with Crippen LogP contribution >= 0.6 is 15.9 Å². The topological polar surface area (TPSA) is 20.3 Å². The molecule has 4 heteroatoms. The highest BCUT2D eigenvalue weighted by atomic mass is 79.9. The van der Waals surface area contributed by atoms with E-state index < -0.39 is 5.82 Å². The SMILES string of the molecule is CC(C)CN(C)C(=O)c1cccc(F)c1Br. The zero-order valence-electron chi connectivity index (χ0n) is 9.63. The van der Waals surface area contributed by atoms with Crippen LogP contribution < -0.4 is 0 Å². The van der Waals surface area contributed by atoms with E-state index in [-0.39, 0.29) is 10.4 Å². The Hall–Kier alpha value is -0.900. The Morgan fingerprint density at radius 2 is 2.12 bits per heavy atom. The van der Waals surface area contributed by atoms with E-state index >= 15 is 0 Å². The molecule has 0 radical (unpaired) electrons. The summed E-state index contributed by atoms with van der Waals surface area (Å²) < 4.78 is 13.5. The van der Waals surface area contributed by atoms with Gasteiger partial charge in [-0.2, -0.15) is 0 Å². The number of carbonyl (C=O) groups is 1. The molecule has 0 atom stereocenters. The number of carbonyl (C=O) groups excluding carboxylic acids is 1. The number of hydrogen-bond acceptors (Lipinski definition) is 1. The minimum absolute atomic E-state index is 0.167. The minimum atomic E-state index is -0.413. The fraction of sp³-hybridized carbons (Fsp3) is 0.417.